The first-order valence-corrected chi connectivity index (χ1v) is 12.1. The molecule has 4 atom stereocenters. The Kier molecular flexibility index (Phi) is 8.64. The Balaban J connectivity index is 1.64. The van der Waals surface area contributed by atoms with E-state index in [9.17, 15) is 19.2 Å². The van der Waals surface area contributed by atoms with Crippen LogP contribution in [0.5, 0.6) is 0 Å². The van der Waals surface area contributed by atoms with Gasteiger partial charge >= 0.3 is 11.9 Å². The molecule has 1 saturated heterocycles. The molecular weight excluding hydrogens is 424 g/mol. The fraction of sp³-hybridized carbons (Fsp3) is 0.615. The summed E-state index contributed by atoms with van der Waals surface area (Å²) >= 11 is 0. The van der Waals surface area contributed by atoms with E-state index in [4.69, 9.17) is 14.2 Å². The van der Waals surface area contributed by atoms with Crippen LogP contribution in [0.25, 0.3) is 0 Å². The number of Topliss-reactive ketones (excluding diaryl/α,β-unsaturated/α-hetero) is 1. The Morgan fingerprint density at radius 3 is 2.45 bits per heavy atom. The number of hydrogen-bond donors (Lipinski definition) is 0. The normalized spacial score (nSPS) is 24.5. The van der Waals surface area contributed by atoms with Crippen LogP contribution in [0, 0.1) is 11.8 Å². The zero-order chi connectivity index (χ0) is 24.0. The summed E-state index contributed by atoms with van der Waals surface area (Å²) in [5.41, 5.74) is 1.25. The predicted octanol–water partition coefficient (Wildman–Crippen LogP) is 4.50. The first-order valence-electron chi connectivity index (χ1n) is 12.1. The maximum absolute atomic E-state index is 13.0. The summed E-state index contributed by atoms with van der Waals surface area (Å²) in [7, 11) is 0. The number of hydrogen-bond acceptors (Lipinski definition) is 7. The number of unbranched alkanes of at least 4 members (excludes halogenated alkanes) is 6. The van der Waals surface area contributed by atoms with Crippen molar-refractivity contribution in [2.75, 3.05) is 0 Å². The summed E-state index contributed by atoms with van der Waals surface area (Å²) in [6.45, 7) is 5.27. The van der Waals surface area contributed by atoms with Crippen LogP contribution >= 0.6 is 0 Å². The maximum atomic E-state index is 13.0. The molecule has 1 aliphatic carbocycles. The van der Waals surface area contributed by atoms with Gasteiger partial charge in [0.25, 0.3) is 0 Å². The van der Waals surface area contributed by atoms with Gasteiger partial charge in [0.15, 0.2) is 11.9 Å². The smallest absolute Gasteiger partial charge is 0.318 e. The number of fused-ring (bicyclic) bond motifs is 3. The second-order valence-corrected chi connectivity index (χ2v) is 9.13. The summed E-state index contributed by atoms with van der Waals surface area (Å²) in [5.74, 6) is -2.60. The number of esters is 2. The van der Waals surface area contributed by atoms with Crippen LogP contribution in [0.15, 0.2) is 35.3 Å². The van der Waals surface area contributed by atoms with E-state index in [1.165, 1.54) is 38.5 Å². The van der Waals surface area contributed by atoms with Gasteiger partial charge in [0.2, 0.25) is 0 Å². The number of rotatable bonds is 12. The van der Waals surface area contributed by atoms with Crippen molar-refractivity contribution in [3.05, 3.63) is 35.3 Å². The van der Waals surface area contributed by atoms with Gasteiger partial charge in [0.05, 0.1) is 12.2 Å². The molecule has 1 fully saturated rings. The van der Waals surface area contributed by atoms with Crippen LogP contribution in [0.2, 0.25) is 0 Å². The van der Waals surface area contributed by atoms with Gasteiger partial charge in [-0.05, 0) is 31.1 Å². The Labute approximate surface area is 195 Å². The third-order valence-corrected chi connectivity index (χ3v) is 6.34. The summed E-state index contributed by atoms with van der Waals surface area (Å²) < 4.78 is 16.2. The van der Waals surface area contributed by atoms with Gasteiger partial charge in [-0.25, -0.2) is 0 Å². The largest absolute Gasteiger partial charge is 0.469 e. The molecule has 3 rings (SSSR count). The molecule has 7 heteroatoms. The maximum Gasteiger partial charge on any atom is 0.318 e. The number of carbonyl (C=O) groups is 4. The van der Waals surface area contributed by atoms with Crippen molar-refractivity contribution in [1.29, 1.82) is 0 Å². The minimum atomic E-state index is -0.979. The average molecular weight is 459 g/mol. The van der Waals surface area contributed by atoms with E-state index in [-0.39, 0.29) is 23.6 Å². The van der Waals surface area contributed by atoms with E-state index >= 15 is 0 Å². The molecule has 0 radical (unpaired) electrons. The Morgan fingerprint density at radius 1 is 1.06 bits per heavy atom. The van der Waals surface area contributed by atoms with E-state index in [2.05, 4.69) is 6.92 Å². The van der Waals surface area contributed by atoms with Crippen LogP contribution < -0.4 is 0 Å². The van der Waals surface area contributed by atoms with Crippen LogP contribution in [0.3, 0.4) is 0 Å². The highest BCUT2D eigenvalue weighted by Crippen LogP contribution is 2.44. The highest BCUT2D eigenvalue weighted by Gasteiger charge is 2.54. The summed E-state index contributed by atoms with van der Waals surface area (Å²) in [6, 6.07) is 0. The molecule has 0 spiro atoms. The Hall–Kier alpha value is -2.70. The molecule has 3 aliphatic rings. The fourth-order valence-electron chi connectivity index (χ4n) is 4.76. The monoisotopic (exact) mass is 458 g/mol. The minimum absolute atomic E-state index is 0.172. The van der Waals surface area contributed by atoms with E-state index in [0.29, 0.717) is 29.7 Å². The Morgan fingerprint density at radius 2 is 1.76 bits per heavy atom. The third-order valence-electron chi connectivity index (χ3n) is 6.34. The van der Waals surface area contributed by atoms with Crippen molar-refractivity contribution in [3.8, 4) is 0 Å². The van der Waals surface area contributed by atoms with E-state index in [1.54, 1.807) is 13.0 Å². The quantitative estimate of drug-likeness (QED) is 0.241. The molecule has 1 unspecified atom stereocenters. The van der Waals surface area contributed by atoms with Crippen molar-refractivity contribution < 1.29 is 33.4 Å². The second kappa shape index (κ2) is 11.4. The van der Waals surface area contributed by atoms with Gasteiger partial charge in [-0.3, -0.25) is 19.2 Å². The molecule has 0 aromatic carbocycles. The lowest BCUT2D eigenvalue weighted by atomic mass is 9.73. The molecule has 7 nitrogen and oxygen atoms in total. The topological polar surface area (TPSA) is 96.0 Å². The zero-order valence-electron chi connectivity index (χ0n) is 19.8. The molecule has 0 aromatic heterocycles. The minimum Gasteiger partial charge on any atom is -0.469 e. The van der Waals surface area contributed by atoms with E-state index in [1.807, 2.05) is 0 Å². The van der Waals surface area contributed by atoms with Gasteiger partial charge in [0, 0.05) is 25.3 Å². The molecule has 0 saturated carbocycles. The van der Waals surface area contributed by atoms with Crippen LogP contribution in [0.4, 0.5) is 0 Å². The van der Waals surface area contributed by atoms with Crippen molar-refractivity contribution in [3.63, 3.8) is 0 Å². The van der Waals surface area contributed by atoms with Gasteiger partial charge < -0.3 is 14.2 Å². The molecule has 0 aromatic rings. The van der Waals surface area contributed by atoms with Gasteiger partial charge in [-0.1, -0.05) is 45.4 Å². The number of ether oxygens (including phenoxy) is 3. The molecule has 0 amide bonds. The molecule has 2 aliphatic heterocycles. The predicted molar refractivity (Wildman–Crippen MR) is 121 cm³/mol. The highest BCUT2D eigenvalue weighted by molar-refractivity contribution is 6.07. The second-order valence-electron chi connectivity index (χ2n) is 9.13. The molecule has 0 N–H and O–H groups in total. The standard InChI is InChI=1S/C26H34O7/c1-4-5-6-7-8-9-10-11-21(28)24-23-20-15-31-19(12-16(2)32-17(3)27)13-18(20)14-22(29)25(23)33-26(24)30/h13-16,23-25H,4-12H2,1-3H3/t16?,23-,24-,25-/m0/s1. The number of ketones is 2. The molecule has 2 heterocycles. The summed E-state index contributed by atoms with van der Waals surface area (Å²) in [5, 5.41) is 0. The first-order chi connectivity index (χ1) is 15.8. The highest BCUT2D eigenvalue weighted by atomic mass is 16.6. The van der Waals surface area contributed by atoms with Gasteiger partial charge in [-0.15, -0.1) is 0 Å². The summed E-state index contributed by atoms with van der Waals surface area (Å²) in [4.78, 5) is 49.4. The van der Waals surface area contributed by atoms with Gasteiger partial charge in [0.1, 0.15) is 23.6 Å². The fourth-order valence-corrected chi connectivity index (χ4v) is 4.76. The SMILES string of the molecule is CCCCCCCCCC(=O)[C@@H]1C(=O)O[C@H]2C(=O)C=C3C=C(CC(C)OC(C)=O)OC=C3[C@@H]12. The average Bonchev–Trinajstić information content (AvgIpc) is 3.10. The van der Waals surface area contributed by atoms with Crippen molar-refractivity contribution >= 4 is 23.5 Å². The number of carbonyl (C=O) groups excluding carboxylic acids is 4. The van der Waals surface area contributed by atoms with Crippen LogP contribution in [-0.2, 0) is 33.4 Å². The molecule has 180 valence electrons. The molecule has 0 bridgehead atoms. The van der Waals surface area contributed by atoms with E-state index < -0.39 is 23.9 Å². The number of allylic oxidation sites excluding steroid dienone is 2. The lowest BCUT2D eigenvalue weighted by molar-refractivity contribution is -0.150. The van der Waals surface area contributed by atoms with E-state index in [0.717, 1.165) is 25.7 Å². The van der Waals surface area contributed by atoms with Crippen molar-refractivity contribution in [1.82, 2.24) is 0 Å². The van der Waals surface area contributed by atoms with Crippen LogP contribution in [0.1, 0.15) is 78.6 Å². The van der Waals surface area contributed by atoms with Crippen molar-refractivity contribution in [2.45, 2.75) is 90.8 Å². The lowest BCUT2D eigenvalue weighted by Crippen LogP contribution is -2.36. The zero-order valence-corrected chi connectivity index (χ0v) is 19.8. The first kappa shape index (κ1) is 24.9. The van der Waals surface area contributed by atoms with Gasteiger partial charge in [-0.2, -0.15) is 0 Å². The molecular formula is C26H34O7. The van der Waals surface area contributed by atoms with Crippen molar-refractivity contribution in [2.24, 2.45) is 11.8 Å². The summed E-state index contributed by atoms with van der Waals surface area (Å²) in [6.07, 6.45) is 11.5. The van der Waals surface area contributed by atoms with Crippen LogP contribution in [-0.4, -0.2) is 35.7 Å². The lowest BCUT2D eigenvalue weighted by Gasteiger charge is -2.29. The molecule has 33 heavy (non-hydrogen) atoms. The Bertz CT molecular complexity index is 879. The third kappa shape index (κ3) is 6.21.